The van der Waals surface area contributed by atoms with E-state index in [2.05, 4.69) is 10.3 Å². The summed E-state index contributed by atoms with van der Waals surface area (Å²) < 4.78 is 0. The van der Waals surface area contributed by atoms with Gasteiger partial charge in [0.25, 0.3) is 0 Å². The quantitative estimate of drug-likeness (QED) is 0.841. The number of anilines is 1. The predicted molar refractivity (Wildman–Crippen MR) is 73.9 cm³/mol. The highest BCUT2D eigenvalue weighted by molar-refractivity contribution is 6.29. The van der Waals surface area contributed by atoms with Gasteiger partial charge in [0.1, 0.15) is 11.0 Å². The average molecular weight is 274 g/mol. The fourth-order valence-electron chi connectivity index (χ4n) is 1.65. The fraction of sp³-hybridized carbons (Fsp3) is 0.143. The number of rotatable bonds is 4. The Morgan fingerprint density at radius 2 is 2.05 bits per heavy atom. The van der Waals surface area contributed by atoms with E-state index in [1.807, 2.05) is 36.4 Å². The van der Waals surface area contributed by atoms with Gasteiger partial charge < -0.3 is 10.4 Å². The van der Waals surface area contributed by atoms with E-state index in [0.717, 1.165) is 5.56 Å². The minimum absolute atomic E-state index is 0.246. The third-order valence-corrected chi connectivity index (χ3v) is 2.78. The SMILES string of the molecule is N#Cc1cc(Cl)nc(NCC(O)c2ccccc2)c1. The van der Waals surface area contributed by atoms with Crippen LogP contribution in [0.15, 0.2) is 42.5 Å². The van der Waals surface area contributed by atoms with E-state index in [9.17, 15) is 5.11 Å². The number of halogens is 1. The average Bonchev–Trinajstić information content (AvgIpc) is 2.45. The first-order chi connectivity index (χ1) is 9.19. The van der Waals surface area contributed by atoms with Crippen molar-refractivity contribution >= 4 is 17.4 Å². The third kappa shape index (κ3) is 3.68. The number of aliphatic hydroxyl groups is 1. The second-order valence-electron chi connectivity index (χ2n) is 3.98. The van der Waals surface area contributed by atoms with Crippen LogP contribution in [0.1, 0.15) is 17.2 Å². The molecule has 0 saturated carbocycles. The Bertz CT molecular complexity index is 595. The van der Waals surface area contributed by atoms with Gasteiger partial charge in [-0.1, -0.05) is 41.9 Å². The van der Waals surface area contributed by atoms with Crippen molar-refractivity contribution in [2.75, 3.05) is 11.9 Å². The summed E-state index contributed by atoms with van der Waals surface area (Å²) in [7, 11) is 0. The lowest BCUT2D eigenvalue weighted by Gasteiger charge is -2.12. The molecular weight excluding hydrogens is 262 g/mol. The molecule has 1 aromatic heterocycles. The largest absolute Gasteiger partial charge is 0.387 e. The Balaban J connectivity index is 2.03. The smallest absolute Gasteiger partial charge is 0.132 e. The van der Waals surface area contributed by atoms with Crippen LogP contribution in [0.2, 0.25) is 5.15 Å². The van der Waals surface area contributed by atoms with E-state index in [1.54, 1.807) is 6.07 Å². The van der Waals surface area contributed by atoms with Crippen LogP contribution in [0, 0.1) is 11.3 Å². The van der Waals surface area contributed by atoms with Crippen molar-refractivity contribution in [3.05, 3.63) is 58.7 Å². The van der Waals surface area contributed by atoms with Gasteiger partial charge in [-0.25, -0.2) is 4.98 Å². The molecule has 0 aliphatic carbocycles. The Morgan fingerprint density at radius 3 is 2.74 bits per heavy atom. The second kappa shape index (κ2) is 6.19. The number of aliphatic hydroxyl groups excluding tert-OH is 1. The molecule has 5 heteroatoms. The normalized spacial score (nSPS) is 11.6. The van der Waals surface area contributed by atoms with Crippen LogP contribution in [-0.4, -0.2) is 16.6 Å². The lowest BCUT2D eigenvalue weighted by molar-refractivity contribution is 0.191. The molecule has 0 amide bonds. The van der Waals surface area contributed by atoms with Crippen LogP contribution in [0.3, 0.4) is 0 Å². The molecule has 2 N–H and O–H groups in total. The molecule has 1 unspecified atom stereocenters. The summed E-state index contributed by atoms with van der Waals surface area (Å²) in [6.07, 6.45) is -0.646. The van der Waals surface area contributed by atoms with Gasteiger partial charge in [-0.05, 0) is 17.7 Å². The van der Waals surface area contributed by atoms with Crippen LogP contribution < -0.4 is 5.32 Å². The Hall–Kier alpha value is -2.09. The molecule has 1 atom stereocenters. The maximum absolute atomic E-state index is 9.99. The van der Waals surface area contributed by atoms with Crippen LogP contribution in [-0.2, 0) is 0 Å². The highest BCUT2D eigenvalue weighted by Crippen LogP contribution is 2.16. The van der Waals surface area contributed by atoms with Gasteiger partial charge in [-0.3, -0.25) is 0 Å². The molecule has 2 rings (SSSR count). The molecular formula is C14H12ClN3O. The van der Waals surface area contributed by atoms with Crippen LogP contribution in [0.25, 0.3) is 0 Å². The summed E-state index contributed by atoms with van der Waals surface area (Å²) in [5.41, 5.74) is 1.24. The molecule has 2 aromatic rings. The number of pyridine rings is 1. The van der Waals surface area contributed by atoms with Crippen molar-refractivity contribution in [3.63, 3.8) is 0 Å². The summed E-state index contributed by atoms with van der Waals surface area (Å²) in [5.74, 6) is 0.471. The Kier molecular flexibility index (Phi) is 4.35. The second-order valence-corrected chi connectivity index (χ2v) is 4.37. The Labute approximate surface area is 116 Å². The summed E-state index contributed by atoms with van der Waals surface area (Å²) in [6, 6.07) is 14.4. The minimum Gasteiger partial charge on any atom is -0.387 e. The molecule has 0 spiro atoms. The highest BCUT2D eigenvalue weighted by Gasteiger charge is 2.07. The number of nitriles is 1. The zero-order chi connectivity index (χ0) is 13.7. The van der Waals surface area contributed by atoms with Crippen molar-refractivity contribution in [1.29, 1.82) is 5.26 Å². The lowest BCUT2D eigenvalue weighted by atomic mass is 10.1. The van der Waals surface area contributed by atoms with Gasteiger partial charge in [-0.15, -0.1) is 0 Å². The number of aromatic nitrogens is 1. The molecule has 0 aliphatic heterocycles. The van der Waals surface area contributed by atoms with E-state index < -0.39 is 6.10 Å². The third-order valence-electron chi connectivity index (χ3n) is 2.58. The molecule has 96 valence electrons. The van der Waals surface area contributed by atoms with Crippen LogP contribution >= 0.6 is 11.6 Å². The van der Waals surface area contributed by atoms with Gasteiger partial charge in [0.05, 0.1) is 17.7 Å². The number of hydrogen-bond donors (Lipinski definition) is 2. The molecule has 1 heterocycles. The van der Waals surface area contributed by atoms with E-state index in [1.165, 1.54) is 6.07 Å². The zero-order valence-electron chi connectivity index (χ0n) is 10.0. The van der Waals surface area contributed by atoms with Gasteiger partial charge in [0.2, 0.25) is 0 Å². The first-order valence-corrected chi connectivity index (χ1v) is 6.11. The lowest BCUT2D eigenvalue weighted by Crippen LogP contribution is -2.13. The molecule has 4 nitrogen and oxygen atoms in total. The topological polar surface area (TPSA) is 68.9 Å². The molecule has 0 radical (unpaired) electrons. The van der Waals surface area contributed by atoms with Gasteiger partial charge in [0.15, 0.2) is 0 Å². The molecule has 0 fully saturated rings. The van der Waals surface area contributed by atoms with Crippen molar-refractivity contribution in [2.24, 2.45) is 0 Å². The minimum atomic E-state index is -0.646. The maximum atomic E-state index is 9.99. The van der Waals surface area contributed by atoms with Crippen molar-refractivity contribution in [1.82, 2.24) is 4.98 Å². The van der Waals surface area contributed by atoms with Gasteiger partial charge in [0, 0.05) is 6.54 Å². The first-order valence-electron chi connectivity index (χ1n) is 5.73. The van der Waals surface area contributed by atoms with E-state index >= 15 is 0 Å². The maximum Gasteiger partial charge on any atom is 0.132 e. The number of hydrogen-bond acceptors (Lipinski definition) is 4. The number of benzene rings is 1. The molecule has 0 aliphatic rings. The Morgan fingerprint density at radius 1 is 1.32 bits per heavy atom. The summed E-state index contributed by atoms with van der Waals surface area (Å²) in [4.78, 5) is 4.04. The standard InChI is InChI=1S/C14H12ClN3O/c15-13-6-10(8-16)7-14(18-13)17-9-12(19)11-4-2-1-3-5-11/h1-7,12,19H,9H2,(H,17,18). The van der Waals surface area contributed by atoms with E-state index in [0.29, 0.717) is 17.9 Å². The monoisotopic (exact) mass is 273 g/mol. The number of nitrogens with one attached hydrogen (secondary N) is 1. The van der Waals surface area contributed by atoms with Crippen molar-refractivity contribution in [2.45, 2.75) is 6.10 Å². The van der Waals surface area contributed by atoms with E-state index in [-0.39, 0.29) is 5.15 Å². The zero-order valence-corrected chi connectivity index (χ0v) is 10.8. The van der Waals surface area contributed by atoms with Gasteiger partial charge in [-0.2, -0.15) is 5.26 Å². The predicted octanol–water partition coefficient (Wildman–Crippen LogP) is 2.75. The van der Waals surface area contributed by atoms with E-state index in [4.69, 9.17) is 16.9 Å². The number of nitrogens with zero attached hydrogens (tertiary/aromatic N) is 2. The van der Waals surface area contributed by atoms with Crippen LogP contribution in [0.5, 0.6) is 0 Å². The summed E-state index contributed by atoms with van der Waals surface area (Å²) >= 11 is 5.80. The van der Waals surface area contributed by atoms with Crippen LogP contribution in [0.4, 0.5) is 5.82 Å². The molecule has 1 aromatic carbocycles. The summed E-state index contributed by atoms with van der Waals surface area (Å²) in [6.45, 7) is 0.294. The molecule has 0 saturated heterocycles. The van der Waals surface area contributed by atoms with Crippen molar-refractivity contribution < 1.29 is 5.11 Å². The van der Waals surface area contributed by atoms with Gasteiger partial charge >= 0.3 is 0 Å². The molecule has 0 bridgehead atoms. The molecule has 19 heavy (non-hydrogen) atoms. The van der Waals surface area contributed by atoms with Crippen molar-refractivity contribution in [3.8, 4) is 6.07 Å². The fourth-order valence-corrected chi connectivity index (χ4v) is 1.85. The summed E-state index contributed by atoms with van der Waals surface area (Å²) in [5, 5.41) is 22.0. The first kappa shape index (κ1) is 13.3. The highest BCUT2D eigenvalue weighted by atomic mass is 35.5.